The summed E-state index contributed by atoms with van der Waals surface area (Å²) in [6, 6.07) is 6.89. The Morgan fingerprint density at radius 1 is 1.21 bits per heavy atom. The summed E-state index contributed by atoms with van der Waals surface area (Å²) in [5.41, 5.74) is 6.56. The third-order valence-electron chi connectivity index (χ3n) is 2.95. The monoisotopic (exact) mass is 285 g/mol. The molecule has 0 fully saturated rings. The van der Waals surface area contributed by atoms with E-state index in [2.05, 4.69) is 4.72 Å². The first-order chi connectivity index (χ1) is 8.77. The van der Waals surface area contributed by atoms with Gasteiger partial charge < -0.3 is 10.6 Å². The van der Waals surface area contributed by atoms with Crippen LogP contribution in [0.1, 0.15) is 20.8 Å². The van der Waals surface area contributed by atoms with E-state index >= 15 is 0 Å². The molecular weight excluding hydrogens is 262 g/mol. The molecule has 6 heteroatoms. The first-order valence-electron chi connectivity index (χ1n) is 6.33. The normalized spacial score (nSPS) is 13.6. The van der Waals surface area contributed by atoms with Crippen LogP contribution in [-0.4, -0.2) is 34.1 Å². The van der Waals surface area contributed by atoms with Crippen molar-refractivity contribution in [3.05, 3.63) is 24.3 Å². The molecule has 0 bridgehead atoms. The van der Waals surface area contributed by atoms with Gasteiger partial charge in [0.05, 0.1) is 4.90 Å². The zero-order chi connectivity index (χ0) is 14.6. The van der Waals surface area contributed by atoms with Crippen molar-refractivity contribution in [1.29, 1.82) is 0 Å². The predicted octanol–water partition coefficient (Wildman–Crippen LogP) is 1.16. The lowest BCUT2D eigenvalue weighted by molar-refractivity contribution is 0.570. The van der Waals surface area contributed by atoms with Crippen LogP contribution in [0, 0.1) is 0 Å². The van der Waals surface area contributed by atoms with Crippen LogP contribution in [0.25, 0.3) is 0 Å². The number of hydrogen-bond donors (Lipinski definition) is 2. The van der Waals surface area contributed by atoms with Gasteiger partial charge in [0.2, 0.25) is 10.0 Å². The standard InChI is InChI=1S/C13H23N3O2S/c1-10(2)15-19(17,18)13-7-5-12(6-8-13)16(4)11(3)9-14/h5-8,10-11,15H,9,14H2,1-4H3. The summed E-state index contributed by atoms with van der Waals surface area (Å²) in [6.45, 7) is 6.15. The molecule has 1 atom stereocenters. The van der Waals surface area contributed by atoms with Gasteiger partial charge in [0.25, 0.3) is 0 Å². The number of nitrogens with two attached hydrogens (primary N) is 1. The van der Waals surface area contributed by atoms with Crippen molar-refractivity contribution in [3.63, 3.8) is 0 Å². The van der Waals surface area contributed by atoms with Gasteiger partial charge in [0.15, 0.2) is 0 Å². The van der Waals surface area contributed by atoms with Crippen LogP contribution in [-0.2, 0) is 10.0 Å². The summed E-state index contributed by atoms with van der Waals surface area (Å²) >= 11 is 0. The minimum Gasteiger partial charge on any atom is -0.371 e. The Hall–Kier alpha value is -1.11. The van der Waals surface area contributed by atoms with Crippen molar-refractivity contribution in [1.82, 2.24) is 4.72 Å². The molecule has 0 aromatic heterocycles. The molecule has 0 saturated heterocycles. The Morgan fingerprint density at radius 2 is 1.74 bits per heavy atom. The minimum atomic E-state index is -3.42. The maximum Gasteiger partial charge on any atom is 0.240 e. The number of nitrogens with zero attached hydrogens (tertiary/aromatic N) is 1. The third-order valence-corrected chi connectivity index (χ3v) is 4.62. The van der Waals surface area contributed by atoms with Gasteiger partial charge in [-0.25, -0.2) is 13.1 Å². The van der Waals surface area contributed by atoms with Crippen LogP contribution < -0.4 is 15.4 Å². The van der Waals surface area contributed by atoms with E-state index in [9.17, 15) is 8.42 Å². The van der Waals surface area contributed by atoms with Crippen molar-refractivity contribution in [2.24, 2.45) is 5.73 Å². The van der Waals surface area contributed by atoms with Crippen molar-refractivity contribution in [2.45, 2.75) is 37.8 Å². The van der Waals surface area contributed by atoms with Crippen LogP contribution in [0.3, 0.4) is 0 Å². The number of benzene rings is 1. The number of sulfonamides is 1. The van der Waals surface area contributed by atoms with E-state index in [1.165, 1.54) is 0 Å². The summed E-state index contributed by atoms with van der Waals surface area (Å²) in [7, 11) is -1.48. The fourth-order valence-corrected chi connectivity index (χ4v) is 2.90. The summed E-state index contributed by atoms with van der Waals surface area (Å²) in [5.74, 6) is 0. The Kier molecular flexibility index (Phi) is 5.34. The Balaban J connectivity index is 2.94. The fraction of sp³-hybridized carbons (Fsp3) is 0.538. The lowest BCUT2D eigenvalue weighted by Crippen LogP contribution is -2.35. The van der Waals surface area contributed by atoms with Crippen molar-refractivity contribution >= 4 is 15.7 Å². The van der Waals surface area contributed by atoms with Crippen molar-refractivity contribution in [3.8, 4) is 0 Å². The van der Waals surface area contributed by atoms with E-state index in [1.807, 2.05) is 18.9 Å². The Bertz CT molecular complexity index is 497. The molecule has 0 heterocycles. The smallest absolute Gasteiger partial charge is 0.240 e. The second-order valence-electron chi connectivity index (χ2n) is 4.97. The molecule has 1 aromatic rings. The number of rotatable bonds is 6. The minimum absolute atomic E-state index is 0.121. The Morgan fingerprint density at radius 3 is 2.16 bits per heavy atom. The molecule has 0 radical (unpaired) electrons. The topological polar surface area (TPSA) is 75.4 Å². The molecule has 0 aliphatic carbocycles. The molecule has 5 nitrogen and oxygen atoms in total. The van der Waals surface area contributed by atoms with Crippen LogP contribution in [0.5, 0.6) is 0 Å². The van der Waals surface area contributed by atoms with Gasteiger partial charge >= 0.3 is 0 Å². The SMILES string of the molecule is CC(C)NS(=O)(=O)c1ccc(N(C)C(C)CN)cc1. The summed E-state index contributed by atoms with van der Waals surface area (Å²) in [6.07, 6.45) is 0. The lowest BCUT2D eigenvalue weighted by atomic mass is 10.2. The maximum absolute atomic E-state index is 12.0. The second kappa shape index (κ2) is 6.36. The number of anilines is 1. The summed E-state index contributed by atoms with van der Waals surface area (Å²) in [4.78, 5) is 2.30. The number of nitrogens with one attached hydrogen (secondary N) is 1. The highest BCUT2D eigenvalue weighted by atomic mass is 32.2. The van der Waals surface area contributed by atoms with Gasteiger partial charge in [0, 0.05) is 31.4 Å². The van der Waals surface area contributed by atoms with Crippen LogP contribution >= 0.6 is 0 Å². The van der Waals surface area contributed by atoms with E-state index in [4.69, 9.17) is 5.73 Å². The molecule has 0 saturated carbocycles. The molecule has 0 spiro atoms. The van der Waals surface area contributed by atoms with Gasteiger partial charge in [-0.05, 0) is 45.0 Å². The number of hydrogen-bond acceptors (Lipinski definition) is 4. The number of likely N-dealkylation sites (N-methyl/N-ethyl adjacent to an activating group) is 1. The average Bonchev–Trinajstić information content (AvgIpc) is 2.35. The highest BCUT2D eigenvalue weighted by Crippen LogP contribution is 2.18. The first-order valence-corrected chi connectivity index (χ1v) is 7.81. The van der Waals surface area contributed by atoms with Gasteiger partial charge in [0.1, 0.15) is 0 Å². The van der Waals surface area contributed by atoms with E-state index in [0.29, 0.717) is 6.54 Å². The van der Waals surface area contributed by atoms with E-state index in [0.717, 1.165) is 5.69 Å². The summed E-state index contributed by atoms with van der Waals surface area (Å²) in [5, 5.41) is 0. The largest absolute Gasteiger partial charge is 0.371 e. The third kappa shape index (κ3) is 4.19. The quantitative estimate of drug-likeness (QED) is 0.822. The van der Waals surface area contributed by atoms with Crippen LogP contribution in [0.4, 0.5) is 5.69 Å². The first kappa shape index (κ1) is 15.9. The van der Waals surface area contributed by atoms with E-state index in [1.54, 1.807) is 38.1 Å². The van der Waals surface area contributed by atoms with Gasteiger partial charge in [-0.1, -0.05) is 0 Å². The van der Waals surface area contributed by atoms with Crippen molar-refractivity contribution < 1.29 is 8.42 Å². The molecule has 0 aliphatic rings. The molecular formula is C13H23N3O2S. The zero-order valence-electron chi connectivity index (χ0n) is 11.9. The van der Waals surface area contributed by atoms with Crippen molar-refractivity contribution in [2.75, 3.05) is 18.5 Å². The molecule has 1 aromatic carbocycles. The zero-order valence-corrected chi connectivity index (χ0v) is 12.7. The summed E-state index contributed by atoms with van der Waals surface area (Å²) < 4.78 is 26.5. The molecule has 0 aliphatic heterocycles. The van der Waals surface area contributed by atoms with Crippen LogP contribution in [0.2, 0.25) is 0 Å². The fourth-order valence-electron chi connectivity index (χ4n) is 1.65. The molecule has 3 N–H and O–H groups in total. The average molecular weight is 285 g/mol. The lowest BCUT2D eigenvalue weighted by Gasteiger charge is -2.26. The van der Waals surface area contributed by atoms with E-state index in [-0.39, 0.29) is 17.0 Å². The molecule has 1 unspecified atom stereocenters. The van der Waals surface area contributed by atoms with Crippen LogP contribution in [0.15, 0.2) is 29.2 Å². The molecule has 0 amide bonds. The molecule has 1 rings (SSSR count). The van der Waals surface area contributed by atoms with Gasteiger partial charge in [-0.2, -0.15) is 0 Å². The highest BCUT2D eigenvalue weighted by Gasteiger charge is 2.16. The predicted molar refractivity (Wildman–Crippen MR) is 78.8 cm³/mol. The van der Waals surface area contributed by atoms with Gasteiger partial charge in [-0.3, -0.25) is 0 Å². The van der Waals surface area contributed by atoms with Gasteiger partial charge in [-0.15, -0.1) is 0 Å². The Labute approximate surface area is 115 Å². The molecule has 108 valence electrons. The maximum atomic E-state index is 12.0. The molecule has 19 heavy (non-hydrogen) atoms. The second-order valence-corrected chi connectivity index (χ2v) is 6.68. The highest BCUT2D eigenvalue weighted by molar-refractivity contribution is 7.89. The van der Waals surface area contributed by atoms with E-state index < -0.39 is 10.0 Å².